The van der Waals surface area contributed by atoms with Gasteiger partial charge in [-0.15, -0.1) is 0 Å². The molecule has 33 heavy (non-hydrogen) atoms. The zero-order valence-electron chi connectivity index (χ0n) is 20.4. The van der Waals surface area contributed by atoms with Crippen LogP contribution >= 0.6 is 0 Å². The maximum Gasteiger partial charge on any atom is 0.341 e. The first-order valence-electron chi connectivity index (χ1n) is 11.4. The molecule has 0 aromatic heterocycles. The number of ether oxygens (including phenoxy) is 2. The number of esters is 1. The SMILES string of the molecule is CC(C)COC(=O)c1ccc(OCC(=NO)c2ccc3c(c2)C(C)(C)CCC3(C)C)cc1O. The average Bonchev–Trinajstić information content (AvgIpc) is 2.76. The second-order valence-electron chi connectivity index (χ2n) is 10.5. The Kier molecular flexibility index (Phi) is 7.06. The van der Waals surface area contributed by atoms with Gasteiger partial charge in [-0.1, -0.05) is 58.8 Å². The van der Waals surface area contributed by atoms with Crippen molar-refractivity contribution in [3.8, 4) is 11.5 Å². The Morgan fingerprint density at radius 2 is 1.70 bits per heavy atom. The van der Waals surface area contributed by atoms with Crippen molar-refractivity contribution in [2.45, 2.75) is 65.2 Å². The van der Waals surface area contributed by atoms with Crippen LogP contribution in [0, 0.1) is 5.92 Å². The van der Waals surface area contributed by atoms with E-state index in [1.165, 1.54) is 23.3 Å². The number of oxime groups is 1. The number of hydrogen-bond acceptors (Lipinski definition) is 6. The van der Waals surface area contributed by atoms with Gasteiger partial charge in [-0.25, -0.2) is 4.79 Å². The number of carbonyl (C=O) groups excluding carboxylic acids is 1. The Morgan fingerprint density at radius 3 is 2.30 bits per heavy atom. The molecule has 0 bridgehead atoms. The molecule has 0 spiro atoms. The minimum atomic E-state index is -0.579. The van der Waals surface area contributed by atoms with E-state index in [9.17, 15) is 15.1 Å². The molecule has 1 aliphatic carbocycles. The summed E-state index contributed by atoms with van der Waals surface area (Å²) in [4.78, 5) is 12.1. The molecule has 0 aliphatic heterocycles. The van der Waals surface area contributed by atoms with Gasteiger partial charge in [0.2, 0.25) is 0 Å². The monoisotopic (exact) mass is 453 g/mol. The second-order valence-corrected chi connectivity index (χ2v) is 10.5. The molecule has 0 atom stereocenters. The van der Waals surface area contributed by atoms with E-state index in [0.29, 0.717) is 11.5 Å². The molecular formula is C27H35NO5. The summed E-state index contributed by atoms with van der Waals surface area (Å²) in [6.45, 7) is 13.2. The summed E-state index contributed by atoms with van der Waals surface area (Å²) >= 11 is 0. The molecule has 2 N–H and O–H groups in total. The number of nitrogens with zero attached hydrogens (tertiary/aromatic N) is 1. The van der Waals surface area contributed by atoms with E-state index in [-0.39, 0.29) is 41.3 Å². The topological polar surface area (TPSA) is 88.4 Å². The largest absolute Gasteiger partial charge is 0.507 e. The summed E-state index contributed by atoms with van der Waals surface area (Å²) in [7, 11) is 0. The molecule has 178 valence electrons. The molecule has 0 heterocycles. The minimum absolute atomic E-state index is 0.00961. The van der Waals surface area contributed by atoms with Gasteiger partial charge in [-0.05, 0) is 58.9 Å². The van der Waals surface area contributed by atoms with Crippen molar-refractivity contribution in [2.24, 2.45) is 11.1 Å². The highest BCUT2D eigenvalue weighted by molar-refractivity contribution is 6.01. The highest BCUT2D eigenvalue weighted by Gasteiger charge is 2.37. The van der Waals surface area contributed by atoms with Crippen LogP contribution in [0.3, 0.4) is 0 Å². The zero-order valence-corrected chi connectivity index (χ0v) is 20.4. The van der Waals surface area contributed by atoms with Gasteiger partial charge in [-0.3, -0.25) is 0 Å². The standard InChI is InChI=1S/C27H35NO5/c1-17(2)15-33-25(30)20-9-8-19(14-24(20)29)32-16-23(28-31)18-7-10-21-22(13-18)27(5,6)12-11-26(21,3)4/h7-10,13-14,17,29,31H,11-12,15-16H2,1-6H3. The maximum absolute atomic E-state index is 12.1. The lowest BCUT2D eigenvalue weighted by molar-refractivity contribution is 0.0455. The third-order valence-corrected chi connectivity index (χ3v) is 6.42. The predicted molar refractivity (Wildman–Crippen MR) is 129 cm³/mol. The van der Waals surface area contributed by atoms with Crippen molar-refractivity contribution >= 4 is 11.7 Å². The fourth-order valence-corrected chi connectivity index (χ4v) is 4.18. The molecular weight excluding hydrogens is 418 g/mol. The Balaban J connectivity index is 1.75. The number of hydrogen-bond donors (Lipinski definition) is 2. The van der Waals surface area contributed by atoms with Crippen molar-refractivity contribution < 1.29 is 24.6 Å². The first-order chi connectivity index (χ1) is 15.4. The van der Waals surface area contributed by atoms with Crippen molar-refractivity contribution in [2.75, 3.05) is 13.2 Å². The van der Waals surface area contributed by atoms with Gasteiger partial charge in [0.05, 0.1) is 6.61 Å². The van der Waals surface area contributed by atoms with Gasteiger partial charge < -0.3 is 19.8 Å². The van der Waals surface area contributed by atoms with Crippen LogP contribution in [0.1, 0.15) is 81.4 Å². The van der Waals surface area contributed by atoms with Crippen LogP contribution in [-0.4, -0.2) is 35.2 Å². The summed E-state index contributed by atoms with van der Waals surface area (Å²) in [6.07, 6.45) is 2.21. The van der Waals surface area contributed by atoms with Crippen LogP contribution in [0.2, 0.25) is 0 Å². The summed E-state index contributed by atoms with van der Waals surface area (Å²) in [5, 5.41) is 23.4. The quantitative estimate of drug-likeness (QED) is 0.239. The summed E-state index contributed by atoms with van der Waals surface area (Å²) in [5.74, 6) is -0.241. The van der Waals surface area contributed by atoms with Gasteiger partial charge in [0.1, 0.15) is 29.4 Å². The molecule has 3 rings (SSSR count). The Bertz CT molecular complexity index is 1050. The van der Waals surface area contributed by atoms with Crippen molar-refractivity contribution in [3.05, 3.63) is 58.7 Å². The summed E-state index contributed by atoms with van der Waals surface area (Å²) in [6, 6.07) is 10.6. The first-order valence-corrected chi connectivity index (χ1v) is 11.4. The molecule has 0 saturated heterocycles. The number of phenols is 1. The molecule has 0 saturated carbocycles. The molecule has 0 radical (unpaired) electrons. The van der Waals surface area contributed by atoms with Crippen molar-refractivity contribution in [1.29, 1.82) is 0 Å². The predicted octanol–water partition coefficient (Wildman–Crippen LogP) is 5.81. The first kappa shape index (κ1) is 24.6. The minimum Gasteiger partial charge on any atom is -0.507 e. The van der Waals surface area contributed by atoms with Gasteiger partial charge in [0, 0.05) is 11.6 Å². The van der Waals surface area contributed by atoms with E-state index in [1.54, 1.807) is 6.07 Å². The van der Waals surface area contributed by atoms with Gasteiger partial charge >= 0.3 is 5.97 Å². The van der Waals surface area contributed by atoms with Gasteiger partial charge in [0.25, 0.3) is 0 Å². The highest BCUT2D eigenvalue weighted by Crippen LogP contribution is 2.46. The molecule has 2 aromatic carbocycles. The number of rotatable bonds is 7. The lowest BCUT2D eigenvalue weighted by atomic mass is 9.63. The average molecular weight is 454 g/mol. The van der Waals surface area contributed by atoms with Gasteiger partial charge in [-0.2, -0.15) is 0 Å². The summed E-state index contributed by atoms with van der Waals surface area (Å²) in [5.41, 5.74) is 3.99. The van der Waals surface area contributed by atoms with E-state index >= 15 is 0 Å². The molecule has 0 fully saturated rings. The molecule has 1 aliphatic rings. The fourth-order valence-electron chi connectivity index (χ4n) is 4.18. The number of fused-ring (bicyclic) bond motifs is 1. The number of carbonyl (C=O) groups is 1. The van der Waals surface area contributed by atoms with E-state index in [4.69, 9.17) is 9.47 Å². The molecule has 6 heteroatoms. The van der Waals surface area contributed by atoms with E-state index in [2.05, 4.69) is 45.0 Å². The third kappa shape index (κ3) is 5.49. The highest BCUT2D eigenvalue weighted by atomic mass is 16.5. The normalized spacial score (nSPS) is 16.9. The number of benzene rings is 2. The van der Waals surface area contributed by atoms with Crippen LogP contribution in [0.4, 0.5) is 0 Å². The zero-order chi connectivity index (χ0) is 24.4. The van der Waals surface area contributed by atoms with Gasteiger partial charge in [0.15, 0.2) is 0 Å². The Labute approximate surface area is 196 Å². The molecule has 0 amide bonds. The lowest BCUT2D eigenvalue weighted by Gasteiger charge is -2.42. The Morgan fingerprint density at radius 1 is 1.03 bits per heavy atom. The van der Waals surface area contributed by atoms with Crippen LogP contribution < -0.4 is 4.74 Å². The molecule has 6 nitrogen and oxygen atoms in total. The van der Waals surface area contributed by atoms with Crippen LogP contribution in [0.25, 0.3) is 0 Å². The van der Waals surface area contributed by atoms with Crippen molar-refractivity contribution in [1.82, 2.24) is 0 Å². The smallest absolute Gasteiger partial charge is 0.341 e. The Hall–Kier alpha value is -3.02. The van der Waals surface area contributed by atoms with Crippen molar-refractivity contribution in [3.63, 3.8) is 0 Å². The number of phenolic OH excluding ortho intramolecular Hbond substituents is 1. The lowest BCUT2D eigenvalue weighted by Crippen LogP contribution is -2.34. The summed E-state index contributed by atoms with van der Waals surface area (Å²) < 4.78 is 10.9. The maximum atomic E-state index is 12.1. The third-order valence-electron chi connectivity index (χ3n) is 6.42. The fraction of sp³-hybridized carbons (Fsp3) is 0.481. The van der Waals surface area contributed by atoms with Crippen LogP contribution in [0.15, 0.2) is 41.6 Å². The van der Waals surface area contributed by atoms with E-state index in [0.717, 1.165) is 18.4 Å². The van der Waals surface area contributed by atoms with E-state index in [1.807, 2.05) is 19.9 Å². The van der Waals surface area contributed by atoms with Crippen LogP contribution in [-0.2, 0) is 15.6 Å². The van der Waals surface area contributed by atoms with Crippen LogP contribution in [0.5, 0.6) is 11.5 Å². The molecule has 0 unspecified atom stereocenters. The molecule has 2 aromatic rings. The van der Waals surface area contributed by atoms with E-state index < -0.39 is 5.97 Å². The second kappa shape index (κ2) is 9.46. The number of aromatic hydroxyl groups is 1.